The van der Waals surface area contributed by atoms with Crippen LogP contribution in [-0.4, -0.2) is 48.5 Å². The lowest BCUT2D eigenvalue weighted by atomic mass is 9.48. The maximum atomic E-state index is 11.0. The minimum atomic E-state index is -0.110. The number of hydrogen-bond donors (Lipinski definition) is 1. The highest BCUT2D eigenvalue weighted by Gasteiger charge is 2.54. The van der Waals surface area contributed by atoms with Crippen molar-refractivity contribution in [3.05, 3.63) is 0 Å². The first-order chi connectivity index (χ1) is 9.63. The number of aliphatic hydroxyl groups excluding tert-OH is 1. The van der Waals surface area contributed by atoms with E-state index in [4.69, 9.17) is 4.74 Å². The van der Waals surface area contributed by atoms with E-state index in [1.807, 2.05) is 0 Å². The molecule has 2 atom stereocenters. The predicted octanol–water partition coefficient (Wildman–Crippen LogP) is 2.28. The number of aliphatic hydroxyl groups is 1. The van der Waals surface area contributed by atoms with Gasteiger partial charge < -0.3 is 9.84 Å². The normalized spacial score (nSPS) is 49.5. The number of rotatable bonds is 3. The maximum Gasteiger partial charge on any atom is 0.0723 e. The second-order valence-electron chi connectivity index (χ2n) is 8.24. The van der Waals surface area contributed by atoms with Gasteiger partial charge >= 0.3 is 0 Å². The van der Waals surface area contributed by atoms with Crippen molar-refractivity contribution in [3.63, 3.8) is 0 Å². The summed E-state index contributed by atoms with van der Waals surface area (Å²) in [5.74, 6) is 2.79. The Morgan fingerprint density at radius 2 is 1.75 bits per heavy atom. The van der Waals surface area contributed by atoms with E-state index in [1.165, 1.54) is 38.5 Å². The summed E-state index contributed by atoms with van der Waals surface area (Å²) >= 11 is 0. The van der Waals surface area contributed by atoms with E-state index in [0.29, 0.717) is 6.10 Å². The van der Waals surface area contributed by atoms with Gasteiger partial charge in [-0.2, -0.15) is 0 Å². The van der Waals surface area contributed by atoms with Gasteiger partial charge in [0.25, 0.3) is 0 Å². The van der Waals surface area contributed by atoms with Crippen LogP contribution in [0.5, 0.6) is 0 Å². The van der Waals surface area contributed by atoms with E-state index in [9.17, 15) is 5.11 Å². The average Bonchev–Trinajstić information content (AvgIpc) is 2.37. The second-order valence-corrected chi connectivity index (χ2v) is 8.24. The fraction of sp³-hybridized carbons (Fsp3) is 1.00. The SMILES string of the molecule is CC1CN(CC(O)C23CC4CC(CC(C4)C2)C3)CCO1. The summed E-state index contributed by atoms with van der Waals surface area (Å²) in [6.07, 6.45) is 8.51. The molecule has 0 spiro atoms. The van der Waals surface area contributed by atoms with Gasteiger partial charge in [0.1, 0.15) is 0 Å². The van der Waals surface area contributed by atoms with Gasteiger partial charge in [0.15, 0.2) is 0 Å². The van der Waals surface area contributed by atoms with Gasteiger partial charge in [-0.3, -0.25) is 4.90 Å². The zero-order chi connectivity index (χ0) is 13.7. The largest absolute Gasteiger partial charge is 0.391 e. The van der Waals surface area contributed by atoms with Crippen molar-refractivity contribution in [2.45, 2.75) is 57.7 Å². The Labute approximate surface area is 122 Å². The summed E-state index contributed by atoms with van der Waals surface area (Å²) in [6.45, 7) is 5.83. The lowest BCUT2D eigenvalue weighted by molar-refractivity contribution is -0.133. The molecule has 4 aliphatic carbocycles. The van der Waals surface area contributed by atoms with Crippen LogP contribution in [0.25, 0.3) is 0 Å². The molecule has 20 heavy (non-hydrogen) atoms. The van der Waals surface area contributed by atoms with Crippen molar-refractivity contribution in [1.82, 2.24) is 4.90 Å². The molecule has 0 aromatic carbocycles. The van der Waals surface area contributed by atoms with Crippen LogP contribution in [0.1, 0.15) is 45.4 Å². The molecule has 1 heterocycles. The molecule has 1 aliphatic heterocycles. The molecule has 0 aromatic heterocycles. The Morgan fingerprint density at radius 1 is 1.15 bits per heavy atom. The standard InChI is InChI=1S/C17H29NO2/c1-12-10-18(2-3-20-12)11-16(19)17-7-13-4-14(8-17)6-15(5-13)9-17/h12-16,19H,2-11H2,1H3. The molecule has 2 unspecified atom stereocenters. The maximum absolute atomic E-state index is 11.0. The van der Waals surface area contributed by atoms with Crippen LogP contribution < -0.4 is 0 Å². The third-order valence-electron chi connectivity index (χ3n) is 6.55. The molecule has 114 valence electrons. The molecule has 0 aromatic rings. The minimum absolute atomic E-state index is 0.110. The monoisotopic (exact) mass is 279 g/mol. The van der Waals surface area contributed by atoms with Crippen molar-refractivity contribution in [2.75, 3.05) is 26.2 Å². The van der Waals surface area contributed by atoms with Gasteiger partial charge in [-0.25, -0.2) is 0 Å². The second kappa shape index (κ2) is 4.96. The number of β-amino-alcohol motifs (C(OH)–C–C–N with tert-alkyl or cyclic N) is 1. The molecule has 0 radical (unpaired) electrons. The number of ether oxygens (including phenoxy) is 1. The van der Waals surface area contributed by atoms with E-state index in [-0.39, 0.29) is 11.5 Å². The Morgan fingerprint density at radius 3 is 2.30 bits per heavy atom. The van der Waals surface area contributed by atoms with E-state index in [2.05, 4.69) is 11.8 Å². The smallest absolute Gasteiger partial charge is 0.0723 e. The Kier molecular flexibility index (Phi) is 3.36. The summed E-state index contributed by atoms with van der Waals surface area (Å²) < 4.78 is 5.62. The Balaban J connectivity index is 1.44. The van der Waals surface area contributed by atoms with Crippen LogP contribution >= 0.6 is 0 Å². The fourth-order valence-electron chi connectivity index (χ4n) is 6.08. The Hall–Kier alpha value is -0.120. The molecule has 4 saturated carbocycles. The minimum Gasteiger partial charge on any atom is -0.391 e. The first kappa shape index (κ1) is 13.5. The first-order valence-electron chi connectivity index (χ1n) is 8.65. The summed E-state index contributed by atoms with van der Waals surface area (Å²) in [5, 5.41) is 11.0. The topological polar surface area (TPSA) is 32.7 Å². The lowest BCUT2D eigenvalue weighted by Gasteiger charge is -2.59. The molecular weight excluding hydrogens is 250 g/mol. The average molecular weight is 279 g/mol. The summed E-state index contributed by atoms with van der Waals surface area (Å²) in [4.78, 5) is 2.43. The fourth-order valence-corrected chi connectivity index (χ4v) is 6.08. The third kappa shape index (κ3) is 2.32. The quantitative estimate of drug-likeness (QED) is 0.860. The highest BCUT2D eigenvalue weighted by Crippen LogP contribution is 2.61. The van der Waals surface area contributed by atoms with Crippen LogP contribution in [0, 0.1) is 23.2 Å². The number of nitrogens with zero attached hydrogens (tertiary/aromatic N) is 1. The summed E-state index contributed by atoms with van der Waals surface area (Å²) in [6, 6.07) is 0. The summed E-state index contributed by atoms with van der Waals surface area (Å²) in [5.41, 5.74) is 0.274. The number of morpholine rings is 1. The molecule has 5 aliphatic rings. The molecule has 1 saturated heterocycles. The van der Waals surface area contributed by atoms with E-state index >= 15 is 0 Å². The van der Waals surface area contributed by atoms with Gasteiger partial charge in [0.2, 0.25) is 0 Å². The third-order valence-corrected chi connectivity index (χ3v) is 6.55. The highest BCUT2D eigenvalue weighted by atomic mass is 16.5. The van der Waals surface area contributed by atoms with Gasteiger partial charge in [0, 0.05) is 19.6 Å². The zero-order valence-corrected chi connectivity index (χ0v) is 12.8. The molecule has 3 nitrogen and oxygen atoms in total. The van der Waals surface area contributed by atoms with Gasteiger partial charge in [-0.15, -0.1) is 0 Å². The molecule has 5 rings (SSSR count). The molecular formula is C17H29NO2. The van der Waals surface area contributed by atoms with Crippen LogP contribution in [-0.2, 0) is 4.74 Å². The lowest BCUT2D eigenvalue weighted by Crippen LogP contribution is -2.55. The van der Waals surface area contributed by atoms with Crippen molar-refractivity contribution >= 4 is 0 Å². The van der Waals surface area contributed by atoms with Gasteiger partial charge in [0.05, 0.1) is 18.8 Å². The molecule has 0 amide bonds. The van der Waals surface area contributed by atoms with Crippen LogP contribution in [0.2, 0.25) is 0 Å². The zero-order valence-electron chi connectivity index (χ0n) is 12.8. The number of hydrogen-bond acceptors (Lipinski definition) is 3. The molecule has 3 heteroatoms. The van der Waals surface area contributed by atoms with Crippen LogP contribution in [0.15, 0.2) is 0 Å². The predicted molar refractivity (Wildman–Crippen MR) is 78.5 cm³/mol. The van der Waals surface area contributed by atoms with Crippen molar-refractivity contribution < 1.29 is 9.84 Å². The first-order valence-corrected chi connectivity index (χ1v) is 8.65. The van der Waals surface area contributed by atoms with E-state index in [0.717, 1.165) is 44.0 Å². The highest BCUT2D eigenvalue weighted by molar-refractivity contribution is 5.04. The molecule has 1 N–H and O–H groups in total. The molecule has 4 bridgehead atoms. The van der Waals surface area contributed by atoms with Gasteiger partial charge in [-0.05, 0) is 68.6 Å². The van der Waals surface area contributed by atoms with Crippen molar-refractivity contribution in [2.24, 2.45) is 23.2 Å². The summed E-state index contributed by atoms with van der Waals surface area (Å²) in [7, 11) is 0. The van der Waals surface area contributed by atoms with Crippen molar-refractivity contribution in [3.8, 4) is 0 Å². The van der Waals surface area contributed by atoms with Crippen LogP contribution in [0.3, 0.4) is 0 Å². The Bertz CT molecular complexity index is 335. The van der Waals surface area contributed by atoms with Gasteiger partial charge in [-0.1, -0.05) is 0 Å². The molecule has 5 fully saturated rings. The van der Waals surface area contributed by atoms with Crippen LogP contribution in [0.4, 0.5) is 0 Å². The van der Waals surface area contributed by atoms with Crippen molar-refractivity contribution in [1.29, 1.82) is 0 Å². The van der Waals surface area contributed by atoms with E-state index < -0.39 is 0 Å². The van der Waals surface area contributed by atoms with E-state index in [1.54, 1.807) is 0 Å².